The Balaban J connectivity index is 1.77. The van der Waals surface area contributed by atoms with Crippen molar-refractivity contribution < 1.29 is 0 Å². The average Bonchev–Trinajstić information content (AvgIpc) is 2.96. The van der Waals surface area contributed by atoms with Crippen LogP contribution in [0.5, 0.6) is 0 Å². The molecule has 0 saturated carbocycles. The number of imidazole rings is 1. The predicted octanol–water partition coefficient (Wildman–Crippen LogP) is 3.15. The van der Waals surface area contributed by atoms with Gasteiger partial charge in [-0.15, -0.1) is 0 Å². The zero-order valence-corrected chi connectivity index (χ0v) is 13.6. The summed E-state index contributed by atoms with van der Waals surface area (Å²) in [4.78, 5) is 7.25. The molecule has 1 N–H and O–H groups in total. The number of fused-ring (bicyclic) bond motifs is 1. The summed E-state index contributed by atoms with van der Waals surface area (Å²) in [6, 6.07) is 16.4. The maximum absolute atomic E-state index is 6.01. The highest BCUT2D eigenvalue weighted by atomic mass is 35.5. The highest BCUT2D eigenvalue weighted by Crippen LogP contribution is 2.24. The van der Waals surface area contributed by atoms with Crippen LogP contribution in [-0.2, 0) is 6.54 Å². The first-order chi connectivity index (χ1) is 11.3. The molecule has 0 aliphatic carbocycles. The third kappa shape index (κ3) is 2.92. The summed E-state index contributed by atoms with van der Waals surface area (Å²) in [5.41, 5.74) is 3.46. The largest absolute Gasteiger partial charge is 0.340 e. The number of para-hydroxylation sites is 2. The fraction of sp³-hybridized carbons (Fsp3) is 0.278. The molecule has 1 aliphatic heterocycles. The monoisotopic (exact) mass is 326 g/mol. The molecule has 1 saturated heterocycles. The van der Waals surface area contributed by atoms with E-state index in [1.807, 2.05) is 18.2 Å². The van der Waals surface area contributed by atoms with Crippen molar-refractivity contribution >= 4 is 28.6 Å². The van der Waals surface area contributed by atoms with Crippen LogP contribution in [0.1, 0.15) is 5.56 Å². The van der Waals surface area contributed by atoms with Crippen LogP contribution >= 0.6 is 11.6 Å². The van der Waals surface area contributed by atoms with Gasteiger partial charge >= 0.3 is 0 Å². The lowest BCUT2D eigenvalue weighted by molar-refractivity contribution is 0.571. The zero-order valence-electron chi connectivity index (χ0n) is 12.9. The lowest BCUT2D eigenvalue weighted by atomic mass is 10.2. The quantitative estimate of drug-likeness (QED) is 0.802. The SMILES string of the molecule is Clc1ccc(Cn2c(N3CCNCC3)nc3ccccc32)cc1. The summed E-state index contributed by atoms with van der Waals surface area (Å²) < 4.78 is 2.31. The molecule has 3 aromatic rings. The van der Waals surface area contributed by atoms with Gasteiger partial charge in [0, 0.05) is 31.2 Å². The van der Waals surface area contributed by atoms with E-state index in [1.165, 1.54) is 11.1 Å². The fourth-order valence-electron chi connectivity index (χ4n) is 3.10. The van der Waals surface area contributed by atoms with Gasteiger partial charge in [-0.05, 0) is 29.8 Å². The van der Waals surface area contributed by atoms with Crippen molar-refractivity contribution in [2.24, 2.45) is 0 Å². The Hall–Kier alpha value is -2.04. The number of aromatic nitrogens is 2. The van der Waals surface area contributed by atoms with E-state index in [0.29, 0.717) is 0 Å². The van der Waals surface area contributed by atoms with Gasteiger partial charge in [-0.25, -0.2) is 4.98 Å². The number of benzene rings is 2. The van der Waals surface area contributed by atoms with E-state index in [-0.39, 0.29) is 0 Å². The van der Waals surface area contributed by atoms with Crippen LogP contribution in [0.25, 0.3) is 11.0 Å². The molecule has 0 unspecified atom stereocenters. The van der Waals surface area contributed by atoms with Gasteiger partial charge in [-0.1, -0.05) is 35.9 Å². The molecule has 0 radical (unpaired) electrons. The second-order valence-corrected chi connectivity index (χ2v) is 6.29. The number of anilines is 1. The third-order valence-electron chi connectivity index (χ3n) is 4.29. The summed E-state index contributed by atoms with van der Waals surface area (Å²) in [6.07, 6.45) is 0. The molecule has 0 bridgehead atoms. The Bertz CT molecular complexity index is 804. The minimum Gasteiger partial charge on any atom is -0.340 e. The minimum absolute atomic E-state index is 0.770. The third-order valence-corrected chi connectivity index (χ3v) is 4.54. The number of hydrogen-bond acceptors (Lipinski definition) is 3. The molecule has 118 valence electrons. The molecule has 0 atom stereocenters. The first-order valence-corrected chi connectivity index (χ1v) is 8.34. The molecule has 23 heavy (non-hydrogen) atoms. The second-order valence-electron chi connectivity index (χ2n) is 5.85. The Kier molecular flexibility index (Phi) is 3.93. The molecule has 1 aromatic heterocycles. The Labute approximate surface area is 140 Å². The molecule has 0 amide bonds. The number of nitrogens with one attached hydrogen (secondary N) is 1. The molecule has 4 nitrogen and oxygen atoms in total. The standard InChI is InChI=1S/C18H19ClN4/c19-15-7-5-14(6-8-15)13-23-17-4-2-1-3-16(17)21-18(23)22-11-9-20-10-12-22/h1-8,20H,9-13H2. The summed E-state index contributed by atoms with van der Waals surface area (Å²) in [7, 11) is 0. The fourth-order valence-corrected chi connectivity index (χ4v) is 3.22. The molecular formula is C18H19ClN4. The van der Waals surface area contributed by atoms with Crippen molar-refractivity contribution in [2.75, 3.05) is 31.1 Å². The van der Waals surface area contributed by atoms with E-state index in [4.69, 9.17) is 16.6 Å². The molecule has 5 heteroatoms. The lowest BCUT2D eigenvalue weighted by Gasteiger charge is -2.29. The molecule has 1 aliphatic rings. The van der Waals surface area contributed by atoms with Crippen molar-refractivity contribution in [1.82, 2.24) is 14.9 Å². The highest BCUT2D eigenvalue weighted by Gasteiger charge is 2.18. The van der Waals surface area contributed by atoms with Crippen molar-refractivity contribution in [3.63, 3.8) is 0 Å². The number of hydrogen-bond donors (Lipinski definition) is 1. The summed E-state index contributed by atoms with van der Waals surface area (Å²) in [6.45, 7) is 4.79. The van der Waals surface area contributed by atoms with Crippen LogP contribution in [0.3, 0.4) is 0 Å². The van der Waals surface area contributed by atoms with Crippen LogP contribution in [0.2, 0.25) is 5.02 Å². The normalized spacial score (nSPS) is 15.3. The minimum atomic E-state index is 0.770. The molecule has 2 heterocycles. The maximum Gasteiger partial charge on any atom is 0.206 e. The Morgan fingerprint density at radius 3 is 2.52 bits per heavy atom. The van der Waals surface area contributed by atoms with E-state index < -0.39 is 0 Å². The number of piperazine rings is 1. The van der Waals surface area contributed by atoms with Gasteiger partial charge in [0.1, 0.15) is 0 Å². The van der Waals surface area contributed by atoms with Gasteiger partial charge in [0.15, 0.2) is 0 Å². The first-order valence-electron chi connectivity index (χ1n) is 7.97. The van der Waals surface area contributed by atoms with Crippen molar-refractivity contribution in [2.45, 2.75) is 6.54 Å². The molecule has 1 fully saturated rings. The smallest absolute Gasteiger partial charge is 0.206 e. The van der Waals surface area contributed by atoms with Gasteiger partial charge < -0.3 is 14.8 Å². The average molecular weight is 327 g/mol. The van der Waals surface area contributed by atoms with Crippen molar-refractivity contribution in [3.8, 4) is 0 Å². The number of rotatable bonds is 3. The van der Waals surface area contributed by atoms with E-state index in [9.17, 15) is 0 Å². The van der Waals surface area contributed by atoms with Gasteiger partial charge in [0.2, 0.25) is 5.95 Å². The van der Waals surface area contributed by atoms with Crippen LogP contribution in [0.4, 0.5) is 5.95 Å². The molecule has 4 rings (SSSR count). The van der Waals surface area contributed by atoms with Gasteiger partial charge in [-0.3, -0.25) is 0 Å². The first kappa shape index (κ1) is 14.5. The van der Waals surface area contributed by atoms with Crippen LogP contribution < -0.4 is 10.2 Å². The van der Waals surface area contributed by atoms with E-state index >= 15 is 0 Å². The summed E-state index contributed by atoms with van der Waals surface area (Å²) in [5, 5.41) is 4.17. The van der Waals surface area contributed by atoms with Gasteiger partial charge in [0.05, 0.1) is 17.6 Å². The van der Waals surface area contributed by atoms with Crippen LogP contribution in [0.15, 0.2) is 48.5 Å². The van der Waals surface area contributed by atoms with E-state index in [1.54, 1.807) is 0 Å². The Morgan fingerprint density at radius 1 is 1.00 bits per heavy atom. The maximum atomic E-state index is 6.01. The van der Waals surface area contributed by atoms with Gasteiger partial charge in [0.25, 0.3) is 0 Å². The number of halogens is 1. The summed E-state index contributed by atoms with van der Waals surface area (Å²) >= 11 is 6.01. The second kappa shape index (κ2) is 6.22. The Morgan fingerprint density at radius 2 is 1.74 bits per heavy atom. The van der Waals surface area contributed by atoms with E-state index in [2.05, 4.69) is 45.1 Å². The van der Waals surface area contributed by atoms with Gasteiger partial charge in [-0.2, -0.15) is 0 Å². The van der Waals surface area contributed by atoms with Crippen LogP contribution in [0, 0.1) is 0 Å². The molecule has 0 spiro atoms. The molecular weight excluding hydrogens is 308 g/mol. The lowest BCUT2D eigenvalue weighted by Crippen LogP contribution is -2.44. The van der Waals surface area contributed by atoms with Crippen molar-refractivity contribution in [3.05, 3.63) is 59.1 Å². The van der Waals surface area contributed by atoms with Crippen molar-refractivity contribution in [1.29, 1.82) is 0 Å². The van der Waals surface area contributed by atoms with E-state index in [0.717, 1.165) is 49.2 Å². The van der Waals surface area contributed by atoms with Crippen LogP contribution in [-0.4, -0.2) is 35.7 Å². The summed E-state index contributed by atoms with van der Waals surface area (Å²) in [5.74, 6) is 1.06. The topological polar surface area (TPSA) is 33.1 Å². The predicted molar refractivity (Wildman–Crippen MR) is 95.4 cm³/mol. The molecule has 2 aromatic carbocycles. The zero-order chi connectivity index (χ0) is 15.6. The number of nitrogens with zero attached hydrogens (tertiary/aromatic N) is 3. The highest BCUT2D eigenvalue weighted by molar-refractivity contribution is 6.30.